The van der Waals surface area contributed by atoms with Gasteiger partial charge in [0.1, 0.15) is 5.60 Å². The van der Waals surface area contributed by atoms with Crippen LogP contribution >= 0.6 is 11.6 Å². The first-order valence-corrected chi connectivity index (χ1v) is 12.4. The minimum absolute atomic E-state index is 0.0709. The SMILES string of the molecule is CC(C)(C)OC(=O)C1CC2CC1CN2C(=O)Cc1ccc(NC(=O)NCc2ccc(Cl)cc2)cc1. The Morgan fingerprint density at radius 3 is 2.26 bits per heavy atom. The predicted octanol–water partition coefficient (Wildman–Crippen LogP) is 4.78. The molecule has 2 aliphatic rings. The first-order chi connectivity index (χ1) is 16.6. The molecule has 0 spiro atoms. The summed E-state index contributed by atoms with van der Waals surface area (Å²) in [6, 6.07) is 14.4. The normalized spacial score (nSPS) is 21.0. The second-order valence-electron chi connectivity index (χ2n) is 10.4. The minimum atomic E-state index is -0.493. The highest BCUT2D eigenvalue weighted by Crippen LogP contribution is 2.43. The summed E-state index contributed by atoms with van der Waals surface area (Å²) in [6.45, 7) is 6.64. The number of hydrogen-bond donors (Lipinski definition) is 2. The summed E-state index contributed by atoms with van der Waals surface area (Å²) in [7, 11) is 0. The number of halogens is 1. The zero-order chi connectivity index (χ0) is 25.2. The Morgan fingerprint density at radius 1 is 1.00 bits per heavy atom. The average Bonchev–Trinajstić information content (AvgIpc) is 3.40. The number of carbonyl (C=O) groups is 3. The summed E-state index contributed by atoms with van der Waals surface area (Å²) >= 11 is 5.87. The Hall–Kier alpha value is -3.06. The molecule has 2 bridgehead atoms. The average molecular weight is 498 g/mol. The number of rotatable bonds is 6. The molecule has 3 amide bonds. The molecule has 3 unspecified atom stereocenters. The van der Waals surface area contributed by atoms with Gasteiger partial charge in [0.15, 0.2) is 0 Å². The highest BCUT2D eigenvalue weighted by Gasteiger charge is 2.50. The van der Waals surface area contributed by atoms with Crippen LogP contribution in [0.5, 0.6) is 0 Å². The van der Waals surface area contributed by atoms with Crippen molar-refractivity contribution in [2.45, 2.75) is 58.2 Å². The van der Waals surface area contributed by atoms with E-state index in [4.69, 9.17) is 16.3 Å². The van der Waals surface area contributed by atoms with Crippen molar-refractivity contribution in [3.63, 3.8) is 0 Å². The smallest absolute Gasteiger partial charge is 0.319 e. The van der Waals surface area contributed by atoms with Crippen LogP contribution in [0.1, 0.15) is 44.7 Å². The molecule has 8 heteroatoms. The molecule has 4 rings (SSSR count). The number of piperidine rings is 1. The Bertz CT molecular complexity index is 1080. The molecule has 2 aromatic rings. The monoisotopic (exact) mass is 497 g/mol. The second kappa shape index (κ2) is 10.3. The maximum atomic E-state index is 12.9. The van der Waals surface area contributed by atoms with Crippen molar-refractivity contribution in [3.8, 4) is 0 Å². The Balaban J connectivity index is 1.23. The highest BCUT2D eigenvalue weighted by atomic mass is 35.5. The highest BCUT2D eigenvalue weighted by molar-refractivity contribution is 6.30. The van der Waals surface area contributed by atoms with Gasteiger partial charge >= 0.3 is 12.0 Å². The predicted molar refractivity (Wildman–Crippen MR) is 135 cm³/mol. The third-order valence-corrected chi connectivity index (χ3v) is 6.76. The molecule has 1 saturated carbocycles. The van der Waals surface area contributed by atoms with E-state index < -0.39 is 5.60 Å². The van der Waals surface area contributed by atoms with Crippen molar-refractivity contribution in [2.24, 2.45) is 11.8 Å². The topological polar surface area (TPSA) is 87.7 Å². The molecule has 1 heterocycles. The van der Waals surface area contributed by atoms with Crippen LogP contribution in [0.4, 0.5) is 10.5 Å². The van der Waals surface area contributed by atoms with Crippen LogP contribution in [0.25, 0.3) is 0 Å². The van der Waals surface area contributed by atoms with Gasteiger partial charge in [-0.25, -0.2) is 4.79 Å². The van der Waals surface area contributed by atoms with E-state index in [1.165, 1.54) is 0 Å². The first-order valence-electron chi connectivity index (χ1n) is 12.0. The molecule has 1 saturated heterocycles. The number of esters is 1. The molecule has 3 atom stereocenters. The van der Waals surface area contributed by atoms with Crippen LogP contribution in [0, 0.1) is 11.8 Å². The van der Waals surface area contributed by atoms with Crippen LogP contribution in [0.3, 0.4) is 0 Å². The summed E-state index contributed by atoms with van der Waals surface area (Å²) in [6.07, 6.45) is 1.84. The van der Waals surface area contributed by atoms with Gasteiger partial charge in [0, 0.05) is 29.8 Å². The number of nitrogens with zero attached hydrogens (tertiary/aromatic N) is 1. The van der Waals surface area contributed by atoms with Crippen molar-refractivity contribution in [3.05, 3.63) is 64.7 Å². The fourth-order valence-electron chi connectivity index (χ4n) is 4.87. The standard InChI is InChI=1S/C27H32ClN3O4/c1-27(2,3)35-25(33)23-14-22-13-19(23)16-31(22)24(32)12-17-6-10-21(11-7-17)30-26(34)29-15-18-4-8-20(28)9-5-18/h4-11,19,22-23H,12-16H2,1-3H3,(H2,29,30,34). The first kappa shape index (κ1) is 25.0. The maximum absolute atomic E-state index is 12.9. The van der Waals surface area contributed by atoms with Gasteiger partial charge < -0.3 is 20.3 Å². The van der Waals surface area contributed by atoms with Crippen LogP contribution in [0.2, 0.25) is 5.02 Å². The molecule has 0 aromatic heterocycles. The van der Waals surface area contributed by atoms with Crippen molar-refractivity contribution in [1.82, 2.24) is 10.2 Å². The zero-order valence-corrected chi connectivity index (χ0v) is 21.1. The summed E-state index contributed by atoms with van der Waals surface area (Å²) in [5, 5.41) is 6.25. The largest absolute Gasteiger partial charge is 0.460 e. The molecule has 2 N–H and O–H groups in total. The van der Waals surface area contributed by atoms with E-state index in [-0.39, 0.29) is 35.8 Å². The van der Waals surface area contributed by atoms with Crippen LogP contribution in [-0.2, 0) is 27.3 Å². The number of benzene rings is 2. The lowest BCUT2D eigenvalue weighted by Gasteiger charge is -2.32. The Morgan fingerprint density at radius 2 is 1.66 bits per heavy atom. The van der Waals surface area contributed by atoms with E-state index >= 15 is 0 Å². The summed E-state index contributed by atoms with van der Waals surface area (Å²) < 4.78 is 5.56. The molecule has 35 heavy (non-hydrogen) atoms. The van der Waals surface area contributed by atoms with E-state index in [1.807, 2.05) is 49.9 Å². The van der Waals surface area contributed by atoms with Gasteiger partial charge in [0.25, 0.3) is 0 Å². The van der Waals surface area contributed by atoms with Gasteiger partial charge in [-0.3, -0.25) is 9.59 Å². The van der Waals surface area contributed by atoms with Crippen molar-refractivity contribution >= 4 is 35.2 Å². The lowest BCUT2D eigenvalue weighted by Crippen LogP contribution is -2.43. The quantitative estimate of drug-likeness (QED) is 0.562. The summed E-state index contributed by atoms with van der Waals surface area (Å²) in [5.74, 6) is -0.00447. The van der Waals surface area contributed by atoms with Crippen LogP contribution in [-0.4, -0.2) is 41.0 Å². The third kappa shape index (κ3) is 6.54. The number of anilines is 1. The van der Waals surface area contributed by atoms with Crippen molar-refractivity contribution in [1.29, 1.82) is 0 Å². The van der Waals surface area contributed by atoms with Crippen molar-refractivity contribution < 1.29 is 19.1 Å². The van der Waals surface area contributed by atoms with E-state index in [2.05, 4.69) is 10.6 Å². The number of urea groups is 1. The zero-order valence-electron chi connectivity index (χ0n) is 20.3. The Labute approximate surface area is 211 Å². The number of fused-ring (bicyclic) bond motifs is 2. The molecule has 186 valence electrons. The number of amides is 3. The minimum Gasteiger partial charge on any atom is -0.460 e. The molecule has 0 radical (unpaired) electrons. The van der Waals surface area contributed by atoms with Gasteiger partial charge in [0.2, 0.25) is 5.91 Å². The lowest BCUT2D eigenvalue weighted by molar-refractivity contribution is -0.163. The van der Waals surface area contributed by atoms with Crippen molar-refractivity contribution in [2.75, 3.05) is 11.9 Å². The second-order valence-corrected chi connectivity index (χ2v) is 10.8. The van der Waals surface area contributed by atoms with Crippen LogP contribution in [0.15, 0.2) is 48.5 Å². The molecule has 2 fully saturated rings. The fraction of sp³-hybridized carbons (Fsp3) is 0.444. The summed E-state index contributed by atoms with van der Waals surface area (Å²) in [5.41, 5.74) is 1.99. The summed E-state index contributed by atoms with van der Waals surface area (Å²) in [4.78, 5) is 39.5. The number of hydrogen-bond acceptors (Lipinski definition) is 4. The molecule has 7 nitrogen and oxygen atoms in total. The van der Waals surface area contributed by atoms with Crippen LogP contribution < -0.4 is 10.6 Å². The Kier molecular flexibility index (Phi) is 7.36. The van der Waals surface area contributed by atoms with E-state index in [1.54, 1.807) is 24.3 Å². The number of nitrogens with one attached hydrogen (secondary N) is 2. The molecular weight excluding hydrogens is 466 g/mol. The van der Waals surface area contributed by atoms with E-state index in [9.17, 15) is 14.4 Å². The third-order valence-electron chi connectivity index (χ3n) is 6.51. The molecule has 2 aromatic carbocycles. The van der Waals surface area contributed by atoms with Gasteiger partial charge in [-0.2, -0.15) is 0 Å². The molecular formula is C27H32ClN3O4. The van der Waals surface area contributed by atoms with Gasteiger partial charge in [-0.05, 0) is 74.9 Å². The van der Waals surface area contributed by atoms with E-state index in [0.717, 1.165) is 17.5 Å². The maximum Gasteiger partial charge on any atom is 0.319 e. The lowest BCUT2D eigenvalue weighted by atomic mass is 9.94. The number of likely N-dealkylation sites (tertiary alicyclic amines) is 1. The van der Waals surface area contributed by atoms with Gasteiger partial charge in [0.05, 0.1) is 12.3 Å². The fourth-order valence-corrected chi connectivity index (χ4v) is 4.99. The molecule has 1 aliphatic heterocycles. The van der Waals surface area contributed by atoms with Gasteiger partial charge in [-0.15, -0.1) is 0 Å². The number of ether oxygens (including phenoxy) is 1. The van der Waals surface area contributed by atoms with E-state index in [0.29, 0.717) is 36.6 Å². The molecule has 1 aliphatic carbocycles. The van der Waals surface area contributed by atoms with Gasteiger partial charge in [-0.1, -0.05) is 35.9 Å². The number of carbonyl (C=O) groups excluding carboxylic acids is 3.